The van der Waals surface area contributed by atoms with Crippen LogP contribution in [0.15, 0.2) is 4.99 Å². The highest BCUT2D eigenvalue weighted by atomic mass is 16.5. The van der Waals surface area contributed by atoms with Crippen LogP contribution in [0.25, 0.3) is 0 Å². The Hall–Kier alpha value is -0.810. The van der Waals surface area contributed by atoms with Gasteiger partial charge in [0, 0.05) is 20.7 Å². The highest BCUT2D eigenvalue weighted by molar-refractivity contribution is 5.79. The molecule has 0 aromatic carbocycles. The van der Waals surface area contributed by atoms with E-state index in [9.17, 15) is 0 Å². The van der Waals surface area contributed by atoms with Crippen molar-refractivity contribution in [3.8, 4) is 0 Å². The molecule has 5 nitrogen and oxygen atoms in total. The van der Waals surface area contributed by atoms with Crippen molar-refractivity contribution in [3.63, 3.8) is 0 Å². The van der Waals surface area contributed by atoms with Crippen LogP contribution >= 0.6 is 0 Å². The van der Waals surface area contributed by atoms with E-state index < -0.39 is 0 Å². The average Bonchev–Trinajstić information content (AvgIpc) is 2.37. The van der Waals surface area contributed by atoms with E-state index >= 15 is 0 Å². The van der Waals surface area contributed by atoms with Crippen LogP contribution in [-0.4, -0.2) is 44.2 Å². The van der Waals surface area contributed by atoms with Crippen LogP contribution in [0.1, 0.15) is 39.0 Å². The van der Waals surface area contributed by atoms with Crippen LogP contribution in [-0.2, 0) is 4.74 Å². The van der Waals surface area contributed by atoms with E-state index in [4.69, 9.17) is 10.6 Å². The minimum Gasteiger partial charge on any atom is -0.382 e. The van der Waals surface area contributed by atoms with Gasteiger partial charge in [-0.15, -0.1) is 0 Å². The number of hydrazine groups is 1. The lowest BCUT2D eigenvalue weighted by Crippen LogP contribution is -2.45. The van der Waals surface area contributed by atoms with E-state index in [1.807, 2.05) is 14.0 Å². The zero-order valence-electron chi connectivity index (χ0n) is 12.0. The largest absolute Gasteiger partial charge is 0.382 e. The van der Waals surface area contributed by atoms with E-state index in [0.717, 1.165) is 18.4 Å². The first-order valence-corrected chi connectivity index (χ1v) is 6.91. The molecular formula is C13H28N4O. The van der Waals surface area contributed by atoms with Crippen molar-refractivity contribution >= 4 is 5.96 Å². The summed E-state index contributed by atoms with van der Waals surface area (Å²) in [6.07, 6.45) is 6.77. The third-order valence-corrected chi connectivity index (χ3v) is 3.50. The summed E-state index contributed by atoms with van der Waals surface area (Å²) in [5.41, 5.74) is 2.70. The topological polar surface area (TPSA) is 62.9 Å². The summed E-state index contributed by atoms with van der Waals surface area (Å²) in [6, 6.07) is 0.120. The van der Waals surface area contributed by atoms with E-state index in [1.54, 1.807) is 7.11 Å². The summed E-state index contributed by atoms with van der Waals surface area (Å²) in [4.78, 5) is 6.66. The maximum atomic E-state index is 5.56. The number of methoxy groups -OCH3 is 1. The molecule has 1 rings (SSSR count). The molecule has 106 valence electrons. The standard InChI is InChI=1S/C13H28N4O/c1-11(10-18-3)15-13(16-14)17(2)9-12-7-5-4-6-8-12/h11-12H,4-10,14H2,1-3H3,(H,15,16). The van der Waals surface area contributed by atoms with Gasteiger partial charge in [0.1, 0.15) is 0 Å². The molecule has 1 fully saturated rings. The summed E-state index contributed by atoms with van der Waals surface area (Å²) in [6.45, 7) is 3.67. The highest BCUT2D eigenvalue weighted by Crippen LogP contribution is 2.24. The van der Waals surface area contributed by atoms with Gasteiger partial charge in [-0.3, -0.25) is 5.43 Å². The Morgan fingerprint density at radius 2 is 2.11 bits per heavy atom. The Bertz CT molecular complexity index is 251. The smallest absolute Gasteiger partial charge is 0.208 e. The number of nitrogens with two attached hydrogens (primary N) is 1. The van der Waals surface area contributed by atoms with Crippen molar-refractivity contribution in [1.29, 1.82) is 0 Å². The number of nitrogens with one attached hydrogen (secondary N) is 1. The van der Waals surface area contributed by atoms with Crippen LogP contribution in [0.3, 0.4) is 0 Å². The fraction of sp³-hybridized carbons (Fsp3) is 0.923. The molecule has 5 heteroatoms. The lowest BCUT2D eigenvalue weighted by Gasteiger charge is -2.29. The van der Waals surface area contributed by atoms with Crippen molar-refractivity contribution in [1.82, 2.24) is 10.3 Å². The van der Waals surface area contributed by atoms with Gasteiger partial charge in [0.05, 0.1) is 12.6 Å². The van der Waals surface area contributed by atoms with Crippen molar-refractivity contribution in [3.05, 3.63) is 0 Å². The molecule has 0 radical (unpaired) electrons. The Morgan fingerprint density at radius 3 is 2.67 bits per heavy atom. The number of guanidine groups is 1. The van der Waals surface area contributed by atoms with Gasteiger partial charge in [0.2, 0.25) is 5.96 Å². The van der Waals surface area contributed by atoms with Crippen LogP contribution in [0.2, 0.25) is 0 Å². The van der Waals surface area contributed by atoms with Gasteiger partial charge in [-0.25, -0.2) is 10.8 Å². The molecule has 0 aromatic heterocycles. The highest BCUT2D eigenvalue weighted by Gasteiger charge is 2.17. The first-order valence-electron chi connectivity index (χ1n) is 6.91. The molecule has 0 heterocycles. The molecule has 18 heavy (non-hydrogen) atoms. The molecule has 1 unspecified atom stereocenters. The van der Waals surface area contributed by atoms with Gasteiger partial charge in [-0.05, 0) is 25.7 Å². The normalized spacial score (nSPS) is 19.7. The fourth-order valence-electron chi connectivity index (χ4n) is 2.58. The second-order valence-electron chi connectivity index (χ2n) is 5.29. The van der Waals surface area contributed by atoms with Crippen LogP contribution in [0.5, 0.6) is 0 Å². The number of ether oxygens (including phenoxy) is 1. The Kier molecular flexibility index (Phi) is 7.05. The van der Waals surface area contributed by atoms with Crippen molar-refractivity contribution in [2.75, 3.05) is 27.3 Å². The first-order chi connectivity index (χ1) is 8.67. The molecule has 1 aliphatic rings. The number of hydrogen-bond acceptors (Lipinski definition) is 3. The first kappa shape index (κ1) is 15.2. The summed E-state index contributed by atoms with van der Waals surface area (Å²) in [7, 11) is 3.74. The zero-order valence-corrected chi connectivity index (χ0v) is 12.0. The summed E-state index contributed by atoms with van der Waals surface area (Å²) < 4.78 is 5.08. The van der Waals surface area contributed by atoms with Crippen molar-refractivity contribution in [2.45, 2.75) is 45.1 Å². The molecule has 0 saturated heterocycles. The molecule has 1 aliphatic carbocycles. The summed E-state index contributed by atoms with van der Waals surface area (Å²) >= 11 is 0. The quantitative estimate of drug-likeness (QED) is 0.337. The predicted octanol–water partition coefficient (Wildman–Crippen LogP) is 1.35. The molecule has 0 bridgehead atoms. The Morgan fingerprint density at radius 1 is 1.44 bits per heavy atom. The molecule has 0 spiro atoms. The molecule has 1 atom stereocenters. The molecule has 3 N–H and O–H groups in total. The lowest BCUT2D eigenvalue weighted by atomic mass is 9.89. The van der Waals surface area contributed by atoms with Crippen molar-refractivity contribution < 1.29 is 4.74 Å². The van der Waals surface area contributed by atoms with Crippen LogP contribution < -0.4 is 11.3 Å². The fourth-order valence-corrected chi connectivity index (χ4v) is 2.58. The number of aliphatic imine (C=N–C) groups is 1. The second-order valence-corrected chi connectivity index (χ2v) is 5.29. The van der Waals surface area contributed by atoms with Gasteiger partial charge in [-0.2, -0.15) is 0 Å². The minimum atomic E-state index is 0.120. The van der Waals surface area contributed by atoms with Crippen molar-refractivity contribution in [2.24, 2.45) is 16.8 Å². The van der Waals surface area contributed by atoms with Crippen LogP contribution in [0.4, 0.5) is 0 Å². The zero-order chi connectivity index (χ0) is 13.4. The van der Waals surface area contributed by atoms with E-state index in [0.29, 0.717) is 6.61 Å². The van der Waals surface area contributed by atoms with Gasteiger partial charge in [0.15, 0.2) is 0 Å². The van der Waals surface area contributed by atoms with Gasteiger partial charge in [-0.1, -0.05) is 19.3 Å². The third kappa shape index (κ3) is 5.23. The van der Waals surface area contributed by atoms with Gasteiger partial charge in [0.25, 0.3) is 0 Å². The Labute approximate surface area is 111 Å². The van der Waals surface area contributed by atoms with E-state index in [-0.39, 0.29) is 6.04 Å². The SMILES string of the molecule is COCC(C)N=C(NN)N(C)CC1CCCCC1. The minimum absolute atomic E-state index is 0.120. The second kappa shape index (κ2) is 8.32. The average molecular weight is 256 g/mol. The molecular weight excluding hydrogens is 228 g/mol. The predicted molar refractivity (Wildman–Crippen MR) is 75.3 cm³/mol. The third-order valence-electron chi connectivity index (χ3n) is 3.50. The van der Waals surface area contributed by atoms with Gasteiger partial charge >= 0.3 is 0 Å². The Balaban J connectivity index is 2.47. The molecule has 0 aliphatic heterocycles. The number of hydrogen-bond donors (Lipinski definition) is 2. The van der Waals surface area contributed by atoms with Crippen LogP contribution in [0, 0.1) is 5.92 Å². The molecule has 0 aromatic rings. The monoisotopic (exact) mass is 256 g/mol. The lowest BCUT2D eigenvalue weighted by molar-refractivity contribution is 0.185. The maximum absolute atomic E-state index is 5.56. The van der Waals surface area contributed by atoms with E-state index in [1.165, 1.54) is 32.1 Å². The maximum Gasteiger partial charge on any atom is 0.208 e. The number of rotatable bonds is 5. The van der Waals surface area contributed by atoms with Gasteiger partial charge < -0.3 is 9.64 Å². The summed E-state index contributed by atoms with van der Waals surface area (Å²) in [5, 5.41) is 0. The molecule has 0 amide bonds. The van der Waals surface area contributed by atoms with E-state index in [2.05, 4.69) is 15.3 Å². The number of nitrogens with zero attached hydrogens (tertiary/aromatic N) is 2. The molecule has 1 saturated carbocycles. The summed E-state index contributed by atoms with van der Waals surface area (Å²) in [5.74, 6) is 7.09.